The van der Waals surface area contributed by atoms with Crippen molar-refractivity contribution in [3.63, 3.8) is 0 Å². The van der Waals surface area contributed by atoms with E-state index >= 15 is 0 Å². The fourth-order valence-electron chi connectivity index (χ4n) is 2.76. The maximum absolute atomic E-state index is 11.5. The molecule has 9 heteroatoms. The van der Waals surface area contributed by atoms with Crippen molar-refractivity contribution in [3.8, 4) is 5.75 Å². The van der Waals surface area contributed by atoms with E-state index < -0.39 is 4.92 Å². The van der Waals surface area contributed by atoms with E-state index in [4.69, 9.17) is 9.47 Å². The summed E-state index contributed by atoms with van der Waals surface area (Å²) in [6.45, 7) is 1.61. The topological polar surface area (TPSA) is 111 Å². The summed E-state index contributed by atoms with van der Waals surface area (Å²) in [7, 11) is 1.60. The van der Waals surface area contributed by atoms with Crippen LogP contribution < -0.4 is 15.4 Å². The first-order valence-corrected chi connectivity index (χ1v) is 8.39. The molecule has 1 saturated heterocycles. The van der Waals surface area contributed by atoms with E-state index in [0.29, 0.717) is 13.1 Å². The molecule has 1 atom stereocenters. The highest BCUT2D eigenvalue weighted by molar-refractivity contribution is 5.69. The van der Waals surface area contributed by atoms with E-state index in [1.54, 1.807) is 7.11 Å². The minimum absolute atomic E-state index is 0.0558. The minimum atomic E-state index is -0.478. The Kier molecular flexibility index (Phi) is 5.80. The van der Waals surface area contributed by atoms with Gasteiger partial charge in [-0.15, -0.1) is 0 Å². The molecule has 0 saturated carbocycles. The van der Waals surface area contributed by atoms with Crippen LogP contribution in [0.3, 0.4) is 0 Å². The molecule has 2 aromatic rings. The second-order valence-corrected chi connectivity index (χ2v) is 5.89. The Balaban J connectivity index is 1.70. The molecule has 2 N–H and O–H groups in total. The Morgan fingerprint density at radius 3 is 2.62 bits per heavy atom. The third kappa shape index (κ3) is 4.37. The summed E-state index contributed by atoms with van der Waals surface area (Å²) in [5, 5.41) is 17.6. The first kappa shape index (κ1) is 17.9. The van der Waals surface area contributed by atoms with Crippen LogP contribution in [0.5, 0.6) is 5.75 Å². The Bertz CT molecular complexity index is 747. The van der Waals surface area contributed by atoms with Crippen molar-refractivity contribution in [2.45, 2.75) is 25.5 Å². The third-order valence-electron chi connectivity index (χ3n) is 4.15. The number of rotatable bonds is 8. The highest BCUT2D eigenvalue weighted by Gasteiger charge is 2.24. The van der Waals surface area contributed by atoms with E-state index in [2.05, 4.69) is 20.6 Å². The number of nitrogens with one attached hydrogen (secondary N) is 2. The normalized spacial score (nSPS) is 16.3. The Morgan fingerprint density at radius 1 is 1.27 bits per heavy atom. The van der Waals surface area contributed by atoms with Crippen LogP contribution in [0, 0.1) is 10.1 Å². The van der Waals surface area contributed by atoms with E-state index in [9.17, 15) is 10.1 Å². The number of aromatic nitrogens is 2. The van der Waals surface area contributed by atoms with E-state index in [0.717, 1.165) is 30.8 Å². The zero-order chi connectivity index (χ0) is 18.4. The quantitative estimate of drug-likeness (QED) is 0.546. The summed E-state index contributed by atoms with van der Waals surface area (Å²) < 4.78 is 10.6. The molecule has 1 aromatic carbocycles. The fraction of sp³-hybridized carbons (Fsp3) is 0.412. The van der Waals surface area contributed by atoms with Crippen LogP contribution in [0.4, 0.5) is 17.3 Å². The molecule has 26 heavy (non-hydrogen) atoms. The maximum atomic E-state index is 11.5. The van der Waals surface area contributed by atoms with Crippen molar-refractivity contribution in [1.29, 1.82) is 0 Å². The van der Waals surface area contributed by atoms with E-state index in [1.807, 2.05) is 24.3 Å². The van der Waals surface area contributed by atoms with E-state index in [-0.39, 0.29) is 23.4 Å². The van der Waals surface area contributed by atoms with Gasteiger partial charge in [-0.2, -0.15) is 0 Å². The Morgan fingerprint density at radius 2 is 2.00 bits per heavy atom. The number of anilines is 2. The van der Waals surface area contributed by atoms with Crippen LogP contribution in [0.2, 0.25) is 0 Å². The van der Waals surface area contributed by atoms with Crippen molar-refractivity contribution in [2.24, 2.45) is 0 Å². The zero-order valence-corrected chi connectivity index (χ0v) is 14.5. The molecule has 0 spiro atoms. The van der Waals surface area contributed by atoms with E-state index in [1.165, 1.54) is 6.33 Å². The maximum Gasteiger partial charge on any atom is 0.353 e. The van der Waals surface area contributed by atoms with Gasteiger partial charge in [-0.3, -0.25) is 10.1 Å². The van der Waals surface area contributed by atoms with Gasteiger partial charge in [-0.05, 0) is 30.5 Å². The standard InChI is InChI=1S/C17H21N5O4/c1-25-13-6-4-12(5-7-13)9-18-16-15(22(23)24)17(21-11-20-16)19-10-14-3-2-8-26-14/h4-7,11,14H,2-3,8-10H2,1H3,(H2,18,19,20,21). The number of ether oxygens (including phenoxy) is 2. The summed E-state index contributed by atoms with van der Waals surface area (Å²) in [6, 6.07) is 7.44. The van der Waals surface area contributed by atoms with Gasteiger partial charge in [-0.25, -0.2) is 9.97 Å². The van der Waals surface area contributed by atoms with Crippen molar-refractivity contribution >= 4 is 17.3 Å². The van der Waals surface area contributed by atoms with Crippen molar-refractivity contribution in [3.05, 3.63) is 46.3 Å². The Labute approximate surface area is 150 Å². The Hall–Kier alpha value is -2.94. The summed E-state index contributed by atoms with van der Waals surface area (Å²) in [5.41, 5.74) is 0.784. The van der Waals surface area contributed by atoms with Crippen LogP contribution in [0.1, 0.15) is 18.4 Å². The molecule has 1 aromatic heterocycles. The second-order valence-electron chi connectivity index (χ2n) is 5.89. The number of nitro groups is 1. The lowest BCUT2D eigenvalue weighted by Gasteiger charge is -2.13. The second kappa shape index (κ2) is 8.43. The van der Waals surface area contributed by atoms with Gasteiger partial charge in [0.1, 0.15) is 12.1 Å². The molecule has 0 aliphatic carbocycles. The number of nitrogens with zero attached hydrogens (tertiary/aromatic N) is 3. The van der Waals surface area contributed by atoms with Gasteiger partial charge >= 0.3 is 5.69 Å². The summed E-state index contributed by atoms with van der Waals surface area (Å²) in [4.78, 5) is 19.1. The predicted molar refractivity (Wildman–Crippen MR) is 96.5 cm³/mol. The average Bonchev–Trinajstić information content (AvgIpc) is 3.18. The number of hydrogen-bond acceptors (Lipinski definition) is 8. The largest absolute Gasteiger partial charge is 0.497 e. The summed E-state index contributed by atoms with van der Waals surface area (Å²) in [6.07, 6.45) is 3.31. The fourth-order valence-corrected chi connectivity index (χ4v) is 2.76. The van der Waals surface area contributed by atoms with Gasteiger partial charge in [-0.1, -0.05) is 12.1 Å². The molecule has 3 rings (SSSR count). The lowest BCUT2D eigenvalue weighted by Crippen LogP contribution is -2.20. The lowest BCUT2D eigenvalue weighted by atomic mass is 10.2. The van der Waals surface area contributed by atoms with Crippen molar-refractivity contribution in [1.82, 2.24) is 9.97 Å². The van der Waals surface area contributed by atoms with Gasteiger partial charge < -0.3 is 20.1 Å². The molecule has 1 fully saturated rings. The minimum Gasteiger partial charge on any atom is -0.497 e. The summed E-state index contributed by atoms with van der Waals surface area (Å²) in [5.74, 6) is 1.12. The molecule has 9 nitrogen and oxygen atoms in total. The van der Waals surface area contributed by atoms with Gasteiger partial charge in [0, 0.05) is 19.7 Å². The van der Waals surface area contributed by atoms with Crippen LogP contribution in [-0.2, 0) is 11.3 Å². The molecule has 0 radical (unpaired) electrons. The van der Waals surface area contributed by atoms with Gasteiger partial charge in [0.2, 0.25) is 11.6 Å². The third-order valence-corrected chi connectivity index (χ3v) is 4.15. The van der Waals surface area contributed by atoms with Crippen LogP contribution >= 0.6 is 0 Å². The first-order chi connectivity index (χ1) is 12.7. The van der Waals surface area contributed by atoms with Crippen LogP contribution in [0.15, 0.2) is 30.6 Å². The summed E-state index contributed by atoms with van der Waals surface area (Å²) >= 11 is 0. The molecule has 138 valence electrons. The van der Waals surface area contributed by atoms with Crippen LogP contribution in [-0.4, -0.2) is 41.3 Å². The highest BCUT2D eigenvalue weighted by atomic mass is 16.6. The molecular formula is C17H21N5O4. The van der Waals surface area contributed by atoms with Crippen LogP contribution in [0.25, 0.3) is 0 Å². The number of methoxy groups -OCH3 is 1. The molecule has 0 amide bonds. The van der Waals surface area contributed by atoms with Gasteiger partial charge in [0.25, 0.3) is 0 Å². The average molecular weight is 359 g/mol. The first-order valence-electron chi connectivity index (χ1n) is 8.39. The molecule has 0 bridgehead atoms. The zero-order valence-electron chi connectivity index (χ0n) is 14.5. The SMILES string of the molecule is COc1ccc(CNc2ncnc(NCC3CCCO3)c2[N+](=O)[O-])cc1. The smallest absolute Gasteiger partial charge is 0.353 e. The lowest BCUT2D eigenvalue weighted by molar-refractivity contribution is -0.383. The molecule has 1 unspecified atom stereocenters. The highest BCUT2D eigenvalue weighted by Crippen LogP contribution is 2.29. The molecule has 1 aliphatic rings. The van der Waals surface area contributed by atoms with Crippen molar-refractivity contribution in [2.75, 3.05) is 30.9 Å². The monoisotopic (exact) mass is 359 g/mol. The molecule has 2 heterocycles. The van der Waals surface area contributed by atoms with Gasteiger partial charge in [0.05, 0.1) is 18.1 Å². The number of hydrogen-bond donors (Lipinski definition) is 2. The number of benzene rings is 1. The van der Waals surface area contributed by atoms with Gasteiger partial charge in [0.15, 0.2) is 0 Å². The predicted octanol–water partition coefficient (Wildman–Crippen LogP) is 2.60. The van der Waals surface area contributed by atoms with Crippen molar-refractivity contribution < 1.29 is 14.4 Å². The molecule has 1 aliphatic heterocycles. The molecular weight excluding hydrogens is 338 g/mol.